The zero-order valence-corrected chi connectivity index (χ0v) is 14.1. The van der Waals surface area contributed by atoms with E-state index in [1.807, 2.05) is 39.0 Å². The van der Waals surface area contributed by atoms with E-state index in [2.05, 4.69) is 5.32 Å². The first-order chi connectivity index (χ1) is 10.9. The summed E-state index contributed by atoms with van der Waals surface area (Å²) in [6.07, 6.45) is 0.736. The summed E-state index contributed by atoms with van der Waals surface area (Å²) in [5.41, 5.74) is 1.48. The molecule has 5 heteroatoms. The average Bonchev–Trinajstić information content (AvgIpc) is 2.92. The van der Waals surface area contributed by atoms with Gasteiger partial charge in [0, 0.05) is 18.7 Å². The van der Waals surface area contributed by atoms with Crippen molar-refractivity contribution in [3.8, 4) is 0 Å². The second kappa shape index (κ2) is 7.59. The highest BCUT2D eigenvalue weighted by molar-refractivity contribution is 5.98. The van der Waals surface area contributed by atoms with Gasteiger partial charge in [-0.1, -0.05) is 32.0 Å². The molecule has 2 amide bonds. The molecule has 5 nitrogen and oxygen atoms in total. The monoisotopic (exact) mass is 318 g/mol. The van der Waals surface area contributed by atoms with E-state index in [1.165, 1.54) is 0 Å². The number of hydrogen-bond donors (Lipinski definition) is 2. The van der Waals surface area contributed by atoms with Crippen LogP contribution in [0.4, 0.5) is 0 Å². The van der Waals surface area contributed by atoms with E-state index in [1.54, 1.807) is 11.0 Å². The second-order valence-corrected chi connectivity index (χ2v) is 6.70. The summed E-state index contributed by atoms with van der Waals surface area (Å²) in [6, 6.07) is 6.80. The van der Waals surface area contributed by atoms with Crippen LogP contribution < -0.4 is 5.32 Å². The number of aliphatic hydroxyl groups excluding tert-OH is 1. The van der Waals surface area contributed by atoms with E-state index in [0.29, 0.717) is 31.5 Å². The summed E-state index contributed by atoms with van der Waals surface area (Å²) in [5, 5.41) is 12.5. The zero-order chi connectivity index (χ0) is 17.0. The molecule has 1 aromatic rings. The van der Waals surface area contributed by atoms with Gasteiger partial charge in [0.05, 0.1) is 6.10 Å². The van der Waals surface area contributed by atoms with E-state index in [-0.39, 0.29) is 17.7 Å². The van der Waals surface area contributed by atoms with Crippen LogP contribution >= 0.6 is 0 Å². The van der Waals surface area contributed by atoms with Crippen molar-refractivity contribution in [3.63, 3.8) is 0 Å². The molecule has 1 aromatic carbocycles. The normalized spacial score (nSPS) is 19.0. The Balaban J connectivity index is 2.10. The molecule has 0 spiro atoms. The zero-order valence-electron chi connectivity index (χ0n) is 14.1. The fourth-order valence-electron chi connectivity index (χ4n) is 2.92. The van der Waals surface area contributed by atoms with Gasteiger partial charge in [-0.15, -0.1) is 0 Å². The number of hydrogen-bond acceptors (Lipinski definition) is 3. The molecular formula is C18H26N2O3. The largest absolute Gasteiger partial charge is 0.391 e. The number of amides is 2. The Bertz CT molecular complexity index is 571. The number of aryl methyl sites for hydroxylation is 1. The third kappa shape index (κ3) is 4.55. The Labute approximate surface area is 137 Å². The van der Waals surface area contributed by atoms with Crippen LogP contribution in [0.1, 0.15) is 42.6 Å². The number of nitrogens with one attached hydrogen (secondary N) is 1. The maximum atomic E-state index is 12.7. The maximum absolute atomic E-state index is 12.7. The highest BCUT2D eigenvalue weighted by Crippen LogP contribution is 2.15. The Hall–Kier alpha value is -1.88. The lowest BCUT2D eigenvalue weighted by Gasteiger charge is -2.25. The summed E-state index contributed by atoms with van der Waals surface area (Å²) in [4.78, 5) is 26.8. The van der Waals surface area contributed by atoms with Crippen molar-refractivity contribution >= 4 is 11.8 Å². The molecule has 1 aliphatic rings. The van der Waals surface area contributed by atoms with Crippen molar-refractivity contribution in [1.29, 1.82) is 0 Å². The molecule has 1 aliphatic heterocycles. The van der Waals surface area contributed by atoms with E-state index in [4.69, 9.17) is 0 Å². The first kappa shape index (κ1) is 17.5. The number of aliphatic hydroxyl groups is 1. The van der Waals surface area contributed by atoms with Crippen molar-refractivity contribution in [2.45, 2.75) is 45.8 Å². The highest BCUT2D eigenvalue weighted by Gasteiger charge is 2.31. The van der Waals surface area contributed by atoms with Crippen LogP contribution in [-0.2, 0) is 4.79 Å². The first-order valence-corrected chi connectivity index (χ1v) is 8.21. The minimum atomic E-state index is -0.549. The first-order valence-electron chi connectivity index (χ1n) is 8.21. The van der Waals surface area contributed by atoms with Gasteiger partial charge >= 0.3 is 0 Å². The topological polar surface area (TPSA) is 69.6 Å². The smallest absolute Gasteiger partial charge is 0.252 e. The number of carbonyl (C=O) groups excluding carboxylic acids is 2. The molecule has 0 aromatic heterocycles. The van der Waals surface area contributed by atoms with E-state index >= 15 is 0 Å². The third-order valence-corrected chi connectivity index (χ3v) is 4.18. The van der Waals surface area contributed by atoms with Crippen molar-refractivity contribution in [2.75, 3.05) is 13.1 Å². The van der Waals surface area contributed by atoms with Gasteiger partial charge in [0.15, 0.2) is 0 Å². The summed E-state index contributed by atoms with van der Waals surface area (Å²) in [5.74, 6) is -0.0346. The Morgan fingerprint density at radius 3 is 2.61 bits per heavy atom. The van der Waals surface area contributed by atoms with Crippen molar-refractivity contribution in [1.82, 2.24) is 10.2 Å². The number of β-amino-alcohol motifs (C(OH)–C–C–N with tert-alkyl or cyclic N) is 1. The molecule has 0 radical (unpaired) electrons. The standard InChI is InChI=1S/C18H26N2O3/c1-12(2)10-16(18(23)20-9-8-14(21)11-20)19-17(22)15-7-5-4-6-13(15)3/h4-7,12,14,16,21H,8-11H2,1-3H3,(H,19,22)/t14-,16?/m1/s1. The number of likely N-dealkylation sites (tertiary alicyclic amines) is 1. The fraction of sp³-hybridized carbons (Fsp3) is 0.556. The van der Waals surface area contributed by atoms with Gasteiger partial charge < -0.3 is 15.3 Å². The minimum Gasteiger partial charge on any atom is -0.391 e. The Morgan fingerprint density at radius 1 is 1.35 bits per heavy atom. The number of nitrogens with zero attached hydrogens (tertiary/aromatic N) is 1. The van der Waals surface area contributed by atoms with Gasteiger partial charge in [0.2, 0.25) is 5.91 Å². The number of rotatable bonds is 5. The fourth-order valence-corrected chi connectivity index (χ4v) is 2.92. The van der Waals surface area contributed by atoms with Crippen LogP contribution in [0, 0.1) is 12.8 Å². The van der Waals surface area contributed by atoms with E-state index < -0.39 is 12.1 Å². The second-order valence-electron chi connectivity index (χ2n) is 6.70. The quantitative estimate of drug-likeness (QED) is 0.869. The van der Waals surface area contributed by atoms with Gasteiger partial charge in [0.25, 0.3) is 5.91 Å². The molecule has 2 atom stereocenters. The van der Waals surface area contributed by atoms with Crippen molar-refractivity contribution in [2.24, 2.45) is 5.92 Å². The van der Waals surface area contributed by atoms with Crippen LogP contribution in [-0.4, -0.2) is 47.1 Å². The van der Waals surface area contributed by atoms with Crippen LogP contribution in [0.3, 0.4) is 0 Å². The molecule has 1 fully saturated rings. The Kier molecular flexibility index (Phi) is 5.77. The molecule has 126 valence electrons. The van der Waals surface area contributed by atoms with Crippen molar-refractivity contribution in [3.05, 3.63) is 35.4 Å². The lowest BCUT2D eigenvalue weighted by molar-refractivity contribution is -0.133. The molecule has 0 saturated carbocycles. The molecule has 0 aliphatic carbocycles. The van der Waals surface area contributed by atoms with Gasteiger partial charge in [-0.2, -0.15) is 0 Å². The lowest BCUT2D eigenvalue weighted by Crippen LogP contribution is -2.48. The molecule has 0 bridgehead atoms. The predicted octanol–water partition coefficient (Wildman–Crippen LogP) is 1.73. The molecule has 2 rings (SSSR count). The highest BCUT2D eigenvalue weighted by atomic mass is 16.3. The van der Waals surface area contributed by atoms with Crippen LogP contribution in [0.15, 0.2) is 24.3 Å². The summed E-state index contributed by atoms with van der Waals surface area (Å²) in [7, 11) is 0. The number of benzene rings is 1. The van der Waals surface area contributed by atoms with Crippen LogP contribution in [0.5, 0.6) is 0 Å². The van der Waals surface area contributed by atoms with Gasteiger partial charge in [-0.3, -0.25) is 9.59 Å². The van der Waals surface area contributed by atoms with Gasteiger partial charge in [-0.25, -0.2) is 0 Å². The van der Waals surface area contributed by atoms with Crippen LogP contribution in [0.25, 0.3) is 0 Å². The van der Waals surface area contributed by atoms with E-state index in [0.717, 1.165) is 5.56 Å². The van der Waals surface area contributed by atoms with Crippen LogP contribution in [0.2, 0.25) is 0 Å². The molecule has 1 unspecified atom stereocenters. The SMILES string of the molecule is Cc1ccccc1C(=O)NC(CC(C)C)C(=O)N1CC[C@@H](O)C1. The summed E-state index contributed by atoms with van der Waals surface area (Å²) >= 11 is 0. The summed E-state index contributed by atoms with van der Waals surface area (Å²) in [6.45, 7) is 6.84. The van der Waals surface area contributed by atoms with Gasteiger partial charge in [0.1, 0.15) is 6.04 Å². The summed E-state index contributed by atoms with van der Waals surface area (Å²) < 4.78 is 0. The molecule has 23 heavy (non-hydrogen) atoms. The predicted molar refractivity (Wildman–Crippen MR) is 89.1 cm³/mol. The van der Waals surface area contributed by atoms with E-state index in [9.17, 15) is 14.7 Å². The Morgan fingerprint density at radius 2 is 2.04 bits per heavy atom. The van der Waals surface area contributed by atoms with Gasteiger partial charge in [-0.05, 0) is 37.3 Å². The maximum Gasteiger partial charge on any atom is 0.252 e. The molecule has 2 N–H and O–H groups in total. The molecular weight excluding hydrogens is 292 g/mol. The lowest BCUT2D eigenvalue weighted by atomic mass is 10.0. The third-order valence-electron chi connectivity index (χ3n) is 4.18. The minimum absolute atomic E-state index is 0.0998. The molecule has 1 saturated heterocycles. The molecule has 1 heterocycles. The number of carbonyl (C=O) groups is 2. The van der Waals surface area contributed by atoms with Crippen molar-refractivity contribution < 1.29 is 14.7 Å². The average molecular weight is 318 g/mol.